The van der Waals surface area contributed by atoms with Crippen LogP contribution < -0.4 is 15.0 Å². The number of nitrogens with one attached hydrogen (secondary N) is 1. The third-order valence-electron chi connectivity index (χ3n) is 6.15. The fraction of sp³-hybridized carbons (Fsp3) is 0.391. The molecule has 3 aromatic heterocycles. The fourth-order valence-corrected chi connectivity index (χ4v) is 4.47. The van der Waals surface area contributed by atoms with Crippen LogP contribution in [0.3, 0.4) is 0 Å². The van der Waals surface area contributed by atoms with E-state index in [9.17, 15) is 4.79 Å². The largest absolute Gasteiger partial charge is 0.467 e. The molecule has 11 heteroatoms. The van der Waals surface area contributed by atoms with Gasteiger partial charge < -0.3 is 23.6 Å². The van der Waals surface area contributed by atoms with Crippen LogP contribution in [0, 0.1) is 0 Å². The predicted molar refractivity (Wildman–Crippen MR) is 119 cm³/mol. The Bertz CT molecular complexity index is 1340. The molecule has 5 heterocycles. The van der Waals surface area contributed by atoms with Crippen LogP contribution in [0.4, 0.5) is 0 Å². The molecule has 34 heavy (non-hydrogen) atoms. The highest BCUT2D eigenvalue weighted by Crippen LogP contribution is 2.35. The normalized spacial score (nSPS) is 17.3. The van der Waals surface area contributed by atoms with Crippen LogP contribution in [-0.4, -0.2) is 56.1 Å². The molecule has 1 fully saturated rings. The van der Waals surface area contributed by atoms with Gasteiger partial charge in [0.25, 0.3) is 5.56 Å². The molecule has 1 aromatic carbocycles. The first-order chi connectivity index (χ1) is 16.7. The maximum absolute atomic E-state index is 12.9. The van der Waals surface area contributed by atoms with Crippen molar-refractivity contribution in [1.82, 2.24) is 30.1 Å². The number of aromatic amines is 1. The Morgan fingerprint density at radius 3 is 2.91 bits per heavy atom. The molecule has 6 rings (SSSR count). The first-order valence-corrected chi connectivity index (χ1v) is 11.3. The highest BCUT2D eigenvalue weighted by molar-refractivity contribution is 5.83. The van der Waals surface area contributed by atoms with Gasteiger partial charge in [0.1, 0.15) is 12.3 Å². The molecule has 4 aromatic rings. The van der Waals surface area contributed by atoms with E-state index < -0.39 is 0 Å². The molecule has 0 radical (unpaired) electrons. The van der Waals surface area contributed by atoms with Crippen molar-refractivity contribution >= 4 is 10.9 Å². The Morgan fingerprint density at radius 1 is 1.18 bits per heavy atom. The topological polar surface area (TPSA) is 121 Å². The smallest absolute Gasteiger partial charge is 0.252 e. The summed E-state index contributed by atoms with van der Waals surface area (Å²) in [6, 6.07) is 9.32. The zero-order valence-corrected chi connectivity index (χ0v) is 18.5. The van der Waals surface area contributed by atoms with E-state index in [4.69, 9.17) is 18.6 Å². The number of nitrogens with zero attached hydrogens (tertiary/aromatic N) is 5. The molecule has 0 amide bonds. The SMILES string of the molecule is O=c1[nH]c2cc3c(cc2cc1CN(Cc1nnnn1Cc1ccco1)C[C@@H]1CCCO1)OCO3. The van der Waals surface area contributed by atoms with Crippen molar-refractivity contribution in [2.75, 3.05) is 19.9 Å². The fourth-order valence-electron chi connectivity index (χ4n) is 4.47. The lowest BCUT2D eigenvalue weighted by molar-refractivity contribution is 0.0663. The molecule has 1 saturated heterocycles. The molecular formula is C23H24N6O5. The summed E-state index contributed by atoms with van der Waals surface area (Å²) in [5, 5.41) is 13.1. The maximum atomic E-state index is 12.9. The van der Waals surface area contributed by atoms with Crippen molar-refractivity contribution in [3.63, 3.8) is 0 Å². The standard InChI is InChI=1S/C23H24N6O5/c30-23-16(7-15-8-20-21(34-14-33-20)9-19(15)24-23)10-28(11-17-3-1-5-31-17)13-22-25-26-27-29(22)12-18-4-2-6-32-18/h2,4,6-9,17H,1,3,5,10-14H2,(H,24,30)/t17-/m0/s1. The van der Waals surface area contributed by atoms with Crippen LogP contribution in [0.5, 0.6) is 11.5 Å². The van der Waals surface area contributed by atoms with E-state index in [-0.39, 0.29) is 18.5 Å². The third-order valence-corrected chi connectivity index (χ3v) is 6.15. The number of ether oxygens (including phenoxy) is 3. The van der Waals surface area contributed by atoms with Gasteiger partial charge in [-0.25, -0.2) is 4.68 Å². The summed E-state index contributed by atoms with van der Waals surface area (Å²) >= 11 is 0. The minimum absolute atomic E-state index is 0.114. The molecule has 11 nitrogen and oxygen atoms in total. The van der Waals surface area contributed by atoms with E-state index in [0.717, 1.165) is 30.6 Å². The molecule has 0 bridgehead atoms. The number of pyridine rings is 1. The highest BCUT2D eigenvalue weighted by atomic mass is 16.7. The van der Waals surface area contributed by atoms with E-state index >= 15 is 0 Å². The second-order valence-corrected chi connectivity index (χ2v) is 8.55. The van der Waals surface area contributed by atoms with Crippen molar-refractivity contribution in [1.29, 1.82) is 0 Å². The predicted octanol–water partition coefficient (Wildman–Crippen LogP) is 2.07. The Balaban J connectivity index is 1.27. The quantitative estimate of drug-likeness (QED) is 0.418. The molecule has 0 spiro atoms. The van der Waals surface area contributed by atoms with E-state index in [2.05, 4.69) is 25.4 Å². The van der Waals surface area contributed by atoms with Gasteiger partial charge >= 0.3 is 0 Å². The molecule has 2 aliphatic heterocycles. The van der Waals surface area contributed by atoms with Gasteiger partial charge in [-0.15, -0.1) is 5.10 Å². The van der Waals surface area contributed by atoms with Gasteiger partial charge in [-0.1, -0.05) is 0 Å². The second kappa shape index (κ2) is 8.92. The zero-order chi connectivity index (χ0) is 22.9. The second-order valence-electron chi connectivity index (χ2n) is 8.55. The summed E-state index contributed by atoms with van der Waals surface area (Å²) in [7, 11) is 0. The first-order valence-electron chi connectivity index (χ1n) is 11.3. The van der Waals surface area contributed by atoms with E-state index in [1.54, 1.807) is 17.0 Å². The van der Waals surface area contributed by atoms with Gasteiger partial charge in [0.05, 0.1) is 24.4 Å². The number of furan rings is 1. The van der Waals surface area contributed by atoms with Crippen molar-refractivity contribution in [3.8, 4) is 11.5 Å². The summed E-state index contributed by atoms with van der Waals surface area (Å²) in [6.45, 7) is 2.95. The monoisotopic (exact) mass is 464 g/mol. The number of benzene rings is 1. The first kappa shape index (κ1) is 20.9. The molecule has 176 valence electrons. The van der Waals surface area contributed by atoms with Crippen molar-refractivity contribution in [3.05, 3.63) is 64.1 Å². The Labute approximate surface area is 194 Å². The van der Waals surface area contributed by atoms with Crippen LogP contribution in [0.25, 0.3) is 10.9 Å². The number of rotatable bonds is 8. The maximum Gasteiger partial charge on any atom is 0.252 e. The molecule has 0 aliphatic carbocycles. The van der Waals surface area contributed by atoms with Gasteiger partial charge in [-0.2, -0.15) is 0 Å². The lowest BCUT2D eigenvalue weighted by atomic mass is 10.1. The number of aromatic nitrogens is 5. The minimum Gasteiger partial charge on any atom is -0.467 e. The van der Waals surface area contributed by atoms with E-state index in [1.165, 1.54) is 0 Å². The van der Waals surface area contributed by atoms with E-state index in [0.29, 0.717) is 54.6 Å². The number of H-pyrrole nitrogens is 1. The molecule has 1 N–H and O–H groups in total. The summed E-state index contributed by atoms with van der Waals surface area (Å²) in [5.41, 5.74) is 1.22. The molecule has 0 unspecified atom stereocenters. The van der Waals surface area contributed by atoms with Gasteiger partial charge in [-0.3, -0.25) is 9.69 Å². The minimum atomic E-state index is -0.140. The van der Waals surface area contributed by atoms with Gasteiger partial charge in [0.2, 0.25) is 6.79 Å². The molecule has 0 saturated carbocycles. The number of hydrogen-bond acceptors (Lipinski definition) is 9. The lowest BCUT2D eigenvalue weighted by Crippen LogP contribution is -2.34. The summed E-state index contributed by atoms with van der Waals surface area (Å²) in [5.74, 6) is 2.78. The van der Waals surface area contributed by atoms with Crippen molar-refractivity contribution in [2.24, 2.45) is 0 Å². The third kappa shape index (κ3) is 4.27. The van der Waals surface area contributed by atoms with Crippen molar-refractivity contribution in [2.45, 2.75) is 38.6 Å². The number of hydrogen-bond donors (Lipinski definition) is 1. The van der Waals surface area contributed by atoms with Crippen LogP contribution in [0.15, 0.2) is 45.8 Å². The average molecular weight is 464 g/mol. The Kier molecular flexibility index (Phi) is 5.47. The summed E-state index contributed by atoms with van der Waals surface area (Å²) in [6.07, 6.45) is 3.77. The van der Waals surface area contributed by atoms with Crippen LogP contribution in [0.1, 0.15) is 30.0 Å². The highest BCUT2D eigenvalue weighted by Gasteiger charge is 2.23. The van der Waals surface area contributed by atoms with Gasteiger partial charge in [0, 0.05) is 36.7 Å². The van der Waals surface area contributed by atoms with Gasteiger partial charge in [0.15, 0.2) is 17.3 Å². The van der Waals surface area contributed by atoms with E-state index in [1.807, 2.05) is 24.3 Å². The molecular weight excluding hydrogens is 440 g/mol. The Morgan fingerprint density at radius 2 is 2.09 bits per heavy atom. The summed E-state index contributed by atoms with van der Waals surface area (Å²) < 4.78 is 24.0. The van der Waals surface area contributed by atoms with Crippen LogP contribution in [-0.2, 0) is 24.4 Å². The average Bonchev–Trinajstić information content (AvgIpc) is 3.63. The van der Waals surface area contributed by atoms with Crippen LogP contribution in [0.2, 0.25) is 0 Å². The summed E-state index contributed by atoms with van der Waals surface area (Å²) in [4.78, 5) is 18.1. The molecule has 2 aliphatic rings. The van der Waals surface area contributed by atoms with Crippen molar-refractivity contribution < 1.29 is 18.6 Å². The van der Waals surface area contributed by atoms with Crippen LogP contribution >= 0.6 is 0 Å². The number of tetrazole rings is 1. The zero-order valence-electron chi connectivity index (χ0n) is 18.5. The number of fused-ring (bicyclic) bond motifs is 2. The van der Waals surface area contributed by atoms with Gasteiger partial charge in [-0.05, 0) is 47.5 Å². The Hall–Kier alpha value is -3.70. The lowest BCUT2D eigenvalue weighted by Gasteiger charge is -2.24. The molecule has 1 atom stereocenters.